The zero-order chi connectivity index (χ0) is 22.0. The predicted octanol–water partition coefficient (Wildman–Crippen LogP) is 4.12. The van der Waals surface area contributed by atoms with Crippen LogP contribution in [-0.2, 0) is 6.54 Å². The van der Waals surface area contributed by atoms with Crippen molar-refractivity contribution in [2.75, 3.05) is 11.5 Å². The number of ether oxygens (including phenoxy) is 1. The molecule has 3 aromatic carbocycles. The van der Waals surface area contributed by atoms with E-state index in [4.69, 9.17) is 4.74 Å². The number of carbonyl (C=O) groups is 3. The Balaban J connectivity index is 1.51. The molecule has 0 radical (unpaired) electrons. The van der Waals surface area contributed by atoms with Crippen LogP contribution in [0, 0.1) is 6.92 Å². The molecule has 6 heteroatoms. The number of nitrogens with zero attached hydrogens (tertiary/aromatic N) is 1. The van der Waals surface area contributed by atoms with Gasteiger partial charge in [-0.2, -0.15) is 0 Å². The normalized spacial score (nSPS) is 12.6. The third-order valence-electron chi connectivity index (χ3n) is 5.13. The second-order valence-electron chi connectivity index (χ2n) is 7.30. The van der Waals surface area contributed by atoms with Crippen LogP contribution in [0.4, 0.5) is 5.69 Å². The molecule has 0 unspecified atom stereocenters. The Hall–Kier alpha value is -3.93. The summed E-state index contributed by atoms with van der Waals surface area (Å²) in [6.07, 6.45) is 0. The molecule has 1 aliphatic heterocycles. The first kappa shape index (κ1) is 20.3. The van der Waals surface area contributed by atoms with Gasteiger partial charge in [0.15, 0.2) is 0 Å². The van der Waals surface area contributed by atoms with Gasteiger partial charge in [-0.25, -0.2) is 4.90 Å². The molecule has 0 saturated heterocycles. The Kier molecular flexibility index (Phi) is 5.54. The number of imide groups is 1. The molecule has 0 aliphatic carbocycles. The number of anilines is 1. The molecular formula is C25H22N2O4. The number of amides is 3. The number of benzene rings is 3. The molecule has 0 fully saturated rings. The third-order valence-corrected chi connectivity index (χ3v) is 5.13. The first-order chi connectivity index (χ1) is 15.0. The van der Waals surface area contributed by atoms with E-state index in [1.165, 1.54) is 12.1 Å². The molecule has 1 N–H and O–H groups in total. The maximum Gasteiger partial charge on any atom is 0.266 e. The van der Waals surface area contributed by atoms with Crippen molar-refractivity contribution < 1.29 is 19.1 Å². The van der Waals surface area contributed by atoms with Gasteiger partial charge in [0.2, 0.25) is 0 Å². The Morgan fingerprint density at radius 3 is 2.26 bits per heavy atom. The van der Waals surface area contributed by atoms with Gasteiger partial charge in [0.05, 0.1) is 23.4 Å². The maximum absolute atomic E-state index is 12.9. The molecule has 0 atom stereocenters. The van der Waals surface area contributed by atoms with E-state index >= 15 is 0 Å². The Morgan fingerprint density at radius 2 is 1.58 bits per heavy atom. The van der Waals surface area contributed by atoms with Crippen molar-refractivity contribution in [2.45, 2.75) is 20.4 Å². The molecule has 1 aliphatic rings. The molecule has 0 aromatic heterocycles. The van der Waals surface area contributed by atoms with E-state index in [0.29, 0.717) is 30.2 Å². The molecule has 3 amide bonds. The van der Waals surface area contributed by atoms with Crippen LogP contribution in [0.25, 0.3) is 0 Å². The Labute approximate surface area is 180 Å². The van der Waals surface area contributed by atoms with Gasteiger partial charge >= 0.3 is 0 Å². The molecule has 31 heavy (non-hydrogen) atoms. The molecular weight excluding hydrogens is 392 g/mol. The van der Waals surface area contributed by atoms with Crippen molar-refractivity contribution in [3.05, 3.63) is 94.5 Å². The molecule has 4 rings (SSSR count). The largest absolute Gasteiger partial charge is 0.494 e. The first-order valence-corrected chi connectivity index (χ1v) is 10.1. The molecule has 0 bridgehead atoms. The number of nitrogens with one attached hydrogen (secondary N) is 1. The van der Waals surface area contributed by atoms with E-state index in [-0.39, 0.29) is 17.0 Å². The Bertz CT molecular complexity index is 1150. The molecule has 156 valence electrons. The second-order valence-corrected chi connectivity index (χ2v) is 7.30. The van der Waals surface area contributed by atoms with Gasteiger partial charge in [0.25, 0.3) is 17.7 Å². The number of rotatable bonds is 6. The van der Waals surface area contributed by atoms with Crippen molar-refractivity contribution in [1.82, 2.24) is 5.32 Å². The summed E-state index contributed by atoms with van der Waals surface area (Å²) in [6.45, 7) is 4.79. The number of carbonyl (C=O) groups excluding carboxylic acids is 3. The number of aryl methyl sites for hydroxylation is 1. The topological polar surface area (TPSA) is 75.7 Å². The van der Waals surface area contributed by atoms with Crippen molar-refractivity contribution in [3.8, 4) is 5.75 Å². The second kappa shape index (κ2) is 8.44. The lowest BCUT2D eigenvalue weighted by Gasteiger charge is -2.14. The lowest BCUT2D eigenvalue weighted by molar-refractivity contribution is 0.0923. The van der Waals surface area contributed by atoms with Crippen LogP contribution in [0.2, 0.25) is 0 Å². The van der Waals surface area contributed by atoms with Crippen LogP contribution in [0.3, 0.4) is 0 Å². The summed E-state index contributed by atoms with van der Waals surface area (Å²) >= 11 is 0. The first-order valence-electron chi connectivity index (χ1n) is 10.1. The summed E-state index contributed by atoms with van der Waals surface area (Å²) in [7, 11) is 0. The van der Waals surface area contributed by atoms with E-state index in [9.17, 15) is 14.4 Å². The fourth-order valence-electron chi connectivity index (χ4n) is 3.46. The van der Waals surface area contributed by atoms with Crippen molar-refractivity contribution >= 4 is 23.4 Å². The maximum atomic E-state index is 12.9. The van der Waals surface area contributed by atoms with Crippen LogP contribution >= 0.6 is 0 Å². The molecule has 0 saturated carbocycles. The van der Waals surface area contributed by atoms with E-state index in [0.717, 1.165) is 16.0 Å². The van der Waals surface area contributed by atoms with E-state index in [2.05, 4.69) is 5.32 Å². The highest BCUT2D eigenvalue weighted by Gasteiger charge is 2.37. The van der Waals surface area contributed by atoms with Gasteiger partial charge in [0, 0.05) is 12.1 Å². The number of hydrogen-bond donors (Lipinski definition) is 1. The lowest BCUT2D eigenvalue weighted by Crippen LogP contribution is -2.29. The van der Waals surface area contributed by atoms with Gasteiger partial charge in [-0.15, -0.1) is 0 Å². The number of fused-ring (bicyclic) bond motifs is 1. The van der Waals surface area contributed by atoms with Crippen LogP contribution in [0.5, 0.6) is 5.75 Å². The van der Waals surface area contributed by atoms with Crippen LogP contribution in [0.15, 0.2) is 66.7 Å². The standard InChI is InChI=1S/C25H22N2O4/c1-3-31-20-11-9-19(10-12-20)27-24(29)21-13-8-18(14-22(21)25(27)30)23(28)26-15-17-6-4-16(2)5-7-17/h4-14H,3,15H2,1-2H3,(H,26,28). The van der Waals surface area contributed by atoms with E-state index in [1.807, 2.05) is 38.1 Å². The summed E-state index contributed by atoms with van der Waals surface area (Å²) in [6, 6.07) is 19.2. The molecule has 0 spiro atoms. The predicted molar refractivity (Wildman–Crippen MR) is 118 cm³/mol. The molecule has 6 nitrogen and oxygen atoms in total. The Morgan fingerprint density at radius 1 is 0.903 bits per heavy atom. The van der Waals surface area contributed by atoms with E-state index < -0.39 is 11.8 Å². The molecule has 3 aromatic rings. The minimum absolute atomic E-state index is 0.224. The fraction of sp³-hybridized carbons (Fsp3) is 0.160. The number of hydrogen-bond acceptors (Lipinski definition) is 4. The van der Waals surface area contributed by atoms with Gasteiger partial charge in [-0.05, 0) is 61.9 Å². The highest BCUT2D eigenvalue weighted by Crippen LogP contribution is 2.30. The summed E-state index contributed by atoms with van der Waals surface area (Å²) in [5.74, 6) is -0.494. The summed E-state index contributed by atoms with van der Waals surface area (Å²) in [5.41, 5.74) is 3.43. The summed E-state index contributed by atoms with van der Waals surface area (Å²) in [5, 5.41) is 2.85. The summed E-state index contributed by atoms with van der Waals surface area (Å²) in [4.78, 5) is 39.5. The lowest BCUT2D eigenvalue weighted by atomic mass is 10.1. The minimum Gasteiger partial charge on any atom is -0.494 e. The molecule has 1 heterocycles. The third kappa shape index (κ3) is 4.05. The monoisotopic (exact) mass is 414 g/mol. The van der Waals surface area contributed by atoms with Crippen LogP contribution in [0.1, 0.15) is 49.1 Å². The zero-order valence-electron chi connectivity index (χ0n) is 17.3. The van der Waals surface area contributed by atoms with Crippen molar-refractivity contribution in [2.24, 2.45) is 0 Å². The minimum atomic E-state index is -0.447. The van der Waals surface area contributed by atoms with Gasteiger partial charge in [-0.1, -0.05) is 29.8 Å². The van der Waals surface area contributed by atoms with Crippen LogP contribution in [-0.4, -0.2) is 24.3 Å². The fourth-order valence-corrected chi connectivity index (χ4v) is 3.46. The van der Waals surface area contributed by atoms with Crippen molar-refractivity contribution in [1.29, 1.82) is 0 Å². The highest BCUT2D eigenvalue weighted by molar-refractivity contribution is 6.34. The van der Waals surface area contributed by atoms with Gasteiger partial charge < -0.3 is 10.1 Å². The highest BCUT2D eigenvalue weighted by atomic mass is 16.5. The van der Waals surface area contributed by atoms with Crippen LogP contribution < -0.4 is 15.0 Å². The SMILES string of the molecule is CCOc1ccc(N2C(=O)c3ccc(C(=O)NCc4ccc(C)cc4)cc3C2=O)cc1. The summed E-state index contributed by atoms with van der Waals surface area (Å²) < 4.78 is 5.41. The van der Waals surface area contributed by atoms with E-state index in [1.54, 1.807) is 30.3 Å². The average Bonchev–Trinajstić information content (AvgIpc) is 3.03. The van der Waals surface area contributed by atoms with Crippen molar-refractivity contribution in [3.63, 3.8) is 0 Å². The van der Waals surface area contributed by atoms with Gasteiger partial charge in [0.1, 0.15) is 5.75 Å². The quantitative estimate of drug-likeness (QED) is 0.616. The average molecular weight is 414 g/mol. The van der Waals surface area contributed by atoms with Gasteiger partial charge in [-0.3, -0.25) is 14.4 Å². The zero-order valence-corrected chi connectivity index (χ0v) is 17.3. The smallest absolute Gasteiger partial charge is 0.266 e.